The molecule has 1 unspecified atom stereocenters. The molecule has 1 aliphatic rings. The topological polar surface area (TPSA) is 37.4 Å². The first-order valence-electron chi connectivity index (χ1n) is 7.88. The van der Waals surface area contributed by atoms with Gasteiger partial charge in [0.05, 0.1) is 4.90 Å². The lowest BCUT2D eigenvalue weighted by atomic mass is 9.98. The van der Waals surface area contributed by atoms with Crippen molar-refractivity contribution in [2.75, 3.05) is 13.1 Å². The van der Waals surface area contributed by atoms with Crippen LogP contribution < -0.4 is 0 Å². The van der Waals surface area contributed by atoms with Crippen LogP contribution >= 0.6 is 0 Å². The molecule has 3 rings (SSSR count). The molecule has 124 valence electrons. The zero-order valence-corrected chi connectivity index (χ0v) is 14.6. The van der Waals surface area contributed by atoms with Crippen LogP contribution in [0.15, 0.2) is 83.8 Å². The van der Waals surface area contributed by atoms with E-state index in [4.69, 9.17) is 0 Å². The number of hydrogen-bond donors (Lipinski definition) is 0. The van der Waals surface area contributed by atoms with Crippen LogP contribution in [-0.2, 0) is 10.0 Å². The monoisotopic (exact) mass is 339 g/mol. The zero-order valence-electron chi connectivity index (χ0n) is 13.8. The molecular weight excluding hydrogens is 318 g/mol. The lowest BCUT2D eigenvalue weighted by Gasteiger charge is -2.16. The first-order valence-corrected chi connectivity index (χ1v) is 9.32. The van der Waals surface area contributed by atoms with Crippen LogP contribution in [0.2, 0.25) is 0 Å². The molecule has 0 N–H and O–H groups in total. The number of nitrogens with zero attached hydrogens (tertiary/aromatic N) is 1. The number of rotatable bonds is 4. The Labute approximate surface area is 144 Å². The summed E-state index contributed by atoms with van der Waals surface area (Å²) < 4.78 is 27.2. The molecule has 1 aliphatic heterocycles. The van der Waals surface area contributed by atoms with Gasteiger partial charge in [-0.2, -0.15) is 4.31 Å². The van der Waals surface area contributed by atoms with E-state index in [0.717, 1.165) is 22.3 Å². The molecule has 1 heterocycles. The standard InChI is InChI=1S/C20H21NO2S/c1-15(2)20-14-21(13-16(20)3)24(22,23)19-11-9-18(10-12-19)17-7-5-4-6-8-17/h4-12,20H,1,3,13-14H2,2H3. The van der Waals surface area contributed by atoms with Gasteiger partial charge in [0.15, 0.2) is 0 Å². The van der Waals surface area contributed by atoms with E-state index in [2.05, 4.69) is 13.2 Å². The maximum Gasteiger partial charge on any atom is 0.243 e. The third-order valence-electron chi connectivity index (χ3n) is 4.45. The van der Waals surface area contributed by atoms with Crippen LogP contribution in [0.25, 0.3) is 11.1 Å². The summed E-state index contributed by atoms with van der Waals surface area (Å²) in [6.45, 7) is 10.6. The van der Waals surface area contributed by atoms with Gasteiger partial charge < -0.3 is 0 Å². The van der Waals surface area contributed by atoms with Gasteiger partial charge in [-0.1, -0.05) is 66.8 Å². The molecule has 3 nitrogen and oxygen atoms in total. The van der Waals surface area contributed by atoms with Gasteiger partial charge in [0.2, 0.25) is 10.0 Å². The molecule has 1 fully saturated rings. The summed E-state index contributed by atoms with van der Waals surface area (Å²) >= 11 is 0. The van der Waals surface area contributed by atoms with Gasteiger partial charge in [0.1, 0.15) is 0 Å². The Balaban J connectivity index is 1.86. The fraction of sp³-hybridized carbons (Fsp3) is 0.200. The Morgan fingerprint density at radius 2 is 1.62 bits per heavy atom. The maximum atomic E-state index is 12.9. The van der Waals surface area contributed by atoms with Gasteiger partial charge in [-0.15, -0.1) is 0 Å². The van der Waals surface area contributed by atoms with Crippen LogP contribution in [0.1, 0.15) is 6.92 Å². The summed E-state index contributed by atoms with van der Waals surface area (Å²) in [6.07, 6.45) is 0. The summed E-state index contributed by atoms with van der Waals surface area (Å²) in [7, 11) is -3.51. The smallest absolute Gasteiger partial charge is 0.207 e. The predicted octanol–water partition coefficient (Wildman–Crippen LogP) is 4.11. The second-order valence-corrected chi connectivity index (χ2v) is 8.18. The lowest BCUT2D eigenvalue weighted by molar-refractivity contribution is 0.468. The van der Waals surface area contributed by atoms with Crippen molar-refractivity contribution in [1.29, 1.82) is 0 Å². The molecule has 2 aromatic carbocycles. The summed E-state index contributed by atoms with van der Waals surface area (Å²) in [4.78, 5) is 0.317. The Kier molecular flexibility index (Phi) is 4.43. The predicted molar refractivity (Wildman–Crippen MR) is 98.1 cm³/mol. The average molecular weight is 339 g/mol. The Hall–Kier alpha value is -2.17. The molecule has 0 spiro atoms. The van der Waals surface area contributed by atoms with Crippen molar-refractivity contribution >= 4 is 10.0 Å². The third kappa shape index (κ3) is 3.07. The molecular formula is C20H21NO2S. The third-order valence-corrected chi connectivity index (χ3v) is 6.28. The first kappa shape index (κ1) is 16.7. The highest BCUT2D eigenvalue weighted by molar-refractivity contribution is 7.89. The maximum absolute atomic E-state index is 12.9. The van der Waals surface area contributed by atoms with Crippen molar-refractivity contribution < 1.29 is 8.42 Å². The van der Waals surface area contributed by atoms with Gasteiger partial charge in [-0.3, -0.25) is 0 Å². The highest BCUT2D eigenvalue weighted by Gasteiger charge is 2.35. The van der Waals surface area contributed by atoms with Crippen LogP contribution in [-0.4, -0.2) is 25.8 Å². The van der Waals surface area contributed by atoms with Crippen LogP contribution in [0, 0.1) is 5.92 Å². The minimum absolute atomic E-state index is 0.0448. The molecule has 2 aromatic rings. The van der Waals surface area contributed by atoms with Gasteiger partial charge in [0.25, 0.3) is 0 Å². The molecule has 0 bridgehead atoms. The second-order valence-electron chi connectivity index (χ2n) is 6.25. The molecule has 0 aromatic heterocycles. The first-order chi connectivity index (χ1) is 11.4. The van der Waals surface area contributed by atoms with Crippen molar-refractivity contribution in [1.82, 2.24) is 4.31 Å². The van der Waals surface area contributed by atoms with E-state index < -0.39 is 10.0 Å². The SMILES string of the molecule is C=C(C)C1CN(S(=O)(=O)c2ccc(-c3ccccc3)cc2)CC1=C. The highest BCUT2D eigenvalue weighted by atomic mass is 32.2. The fourth-order valence-corrected chi connectivity index (χ4v) is 4.48. The molecule has 0 aliphatic carbocycles. The van der Waals surface area contributed by atoms with Crippen molar-refractivity contribution in [2.45, 2.75) is 11.8 Å². The van der Waals surface area contributed by atoms with Gasteiger partial charge >= 0.3 is 0 Å². The normalized spacial score (nSPS) is 18.7. The highest BCUT2D eigenvalue weighted by Crippen LogP contribution is 2.31. The van der Waals surface area contributed by atoms with Gasteiger partial charge in [-0.25, -0.2) is 8.42 Å². The lowest BCUT2D eigenvalue weighted by Crippen LogP contribution is -2.29. The fourth-order valence-electron chi connectivity index (χ4n) is 3.02. The van der Waals surface area contributed by atoms with E-state index in [1.807, 2.05) is 49.4 Å². The average Bonchev–Trinajstić information content (AvgIpc) is 2.99. The van der Waals surface area contributed by atoms with E-state index in [-0.39, 0.29) is 5.92 Å². The minimum atomic E-state index is -3.51. The van der Waals surface area contributed by atoms with Crippen LogP contribution in [0.3, 0.4) is 0 Å². The van der Waals surface area contributed by atoms with E-state index >= 15 is 0 Å². The molecule has 1 atom stereocenters. The van der Waals surface area contributed by atoms with E-state index in [1.54, 1.807) is 12.1 Å². The summed E-state index contributed by atoms with van der Waals surface area (Å²) in [5, 5.41) is 0. The van der Waals surface area contributed by atoms with Crippen LogP contribution in [0.5, 0.6) is 0 Å². The Bertz CT molecular complexity index is 868. The quantitative estimate of drug-likeness (QED) is 0.786. The van der Waals surface area contributed by atoms with Gasteiger partial charge in [-0.05, 0) is 30.2 Å². The summed E-state index contributed by atoms with van der Waals surface area (Å²) in [5.41, 5.74) is 3.93. The Morgan fingerprint density at radius 3 is 2.17 bits per heavy atom. The minimum Gasteiger partial charge on any atom is -0.207 e. The summed E-state index contributed by atoms with van der Waals surface area (Å²) in [5.74, 6) is 0.0448. The van der Waals surface area contributed by atoms with Crippen LogP contribution in [0.4, 0.5) is 0 Å². The molecule has 1 saturated heterocycles. The molecule has 4 heteroatoms. The second kappa shape index (κ2) is 6.38. The summed E-state index contributed by atoms with van der Waals surface area (Å²) in [6, 6.07) is 17.0. The largest absolute Gasteiger partial charge is 0.243 e. The zero-order chi connectivity index (χ0) is 17.3. The van der Waals surface area contributed by atoms with Gasteiger partial charge in [0, 0.05) is 19.0 Å². The molecule has 24 heavy (non-hydrogen) atoms. The van der Waals surface area contributed by atoms with E-state index in [9.17, 15) is 8.42 Å². The molecule has 0 amide bonds. The van der Waals surface area contributed by atoms with E-state index in [0.29, 0.717) is 18.0 Å². The molecule has 0 saturated carbocycles. The van der Waals surface area contributed by atoms with E-state index in [1.165, 1.54) is 4.31 Å². The number of benzene rings is 2. The Morgan fingerprint density at radius 1 is 1.04 bits per heavy atom. The number of sulfonamides is 1. The van der Waals surface area contributed by atoms with Crippen molar-refractivity contribution in [3.63, 3.8) is 0 Å². The number of hydrogen-bond acceptors (Lipinski definition) is 2. The van der Waals surface area contributed by atoms with Crippen molar-refractivity contribution in [3.05, 3.63) is 78.9 Å². The van der Waals surface area contributed by atoms with Crippen molar-refractivity contribution in [2.24, 2.45) is 5.92 Å². The van der Waals surface area contributed by atoms with Crippen molar-refractivity contribution in [3.8, 4) is 11.1 Å². The molecule has 0 radical (unpaired) electrons.